The van der Waals surface area contributed by atoms with E-state index in [-0.39, 0.29) is 23.2 Å². The molecule has 0 aliphatic carbocycles. The minimum absolute atomic E-state index is 0.0811. The van der Waals surface area contributed by atoms with E-state index < -0.39 is 11.7 Å². The fourth-order valence-electron chi connectivity index (χ4n) is 3.22. The first-order valence-electron chi connectivity index (χ1n) is 9.95. The Balaban J connectivity index is 1.42. The second kappa shape index (κ2) is 9.38. The summed E-state index contributed by atoms with van der Waals surface area (Å²) in [5, 5.41) is 0. The summed E-state index contributed by atoms with van der Waals surface area (Å²) in [7, 11) is 0. The van der Waals surface area contributed by atoms with Gasteiger partial charge in [0.05, 0.1) is 30.7 Å². The molecule has 2 amide bonds. The molecular formula is C22H21FN4O5. The summed E-state index contributed by atoms with van der Waals surface area (Å²) in [5.74, 6) is -0.995. The van der Waals surface area contributed by atoms with E-state index in [4.69, 9.17) is 19.9 Å². The monoisotopic (exact) mass is 440 g/mol. The molecule has 10 heteroatoms. The van der Waals surface area contributed by atoms with Gasteiger partial charge in [-0.3, -0.25) is 4.79 Å². The number of amides is 2. The highest BCUT2D eigenvalue weighted by Crippen LogP contribution is 2.31. The van der Waals surface area contributed by atoms with Gasteiger partial charge in [0.1, 0.15) is 18.1 Å². The molecule has 0 radical (unpaired) electrons. The average Bonchev–Trinajstić information content (AvgIpc) is 3.45. The zero-order chi connectivity index (χ0) is 22.5. The second-order valence-electron chi connectivity index (χ2n) is 7.01. The van der Waals surface area contributed by atoms with Crippen molar-refractivity contribution in [3.8, 4) is 22.9 Å². The Morgan fingerprint density at radius 2 is 2.09 bits per heavy atom. The Bertz CT molecular complexity index is 1120. The molecule has 32 heavy (non-hydrogen) atoms. The molecule has 3 aromatic rings. The Kier molecular flexibility index (Phi) is 6.20. The molecule has 1 aliphatic heterocycles. The van der Waals surface area contributed by atoms with Crippen LogP contribution in [0.5, 0.6) is 17.2 Å². The number of carbonyl (C=O) groups is 2. The van der Waals surface area contributed by atoms with E-state index in [0.717, 1.165) is 0 Å². The largest absolute Gasteiger partial charge is 0.493 e. The minimum Gasteiger partial charge on any atom is -0.493 e. The van der Waals surface area contributed by atoms with Crippen molar-refractivity contribution < 1.29 is 28.2 Å². The maximum atomic E-state index is 14.6. The number of primary amides is 1. The molecule has 2 aromatic carbocycles. The van der Waals surface area contributed by atoms with E-state index in [2.05, 4.69) is 4.98 Å². The lowest BCUT2D eigenvalue weighted by Crippen LogP contribution is -2.26. The molecular weight excluding hydrogens is 419 g/mol. The fraction of sp³-hybridized carbons (Fsp3) is 0.227. The molecule has 2 N–H and O–H groups in total. The highest BCUT2D eigenvalue weighted by Gasteiger charge is 2.21. The first kappa shape index (κ1) is 21.2. The lowest BCUT2D eigenvalue weighted by Gasteiger charge is -2.14. The molecule has 0 spiro atoms. The number of rotatable bonds is 9. The topological polar surface area (TPSA) is 109 Å². The standard InChI is InChI=1S/C22H21FN4O5/c23-18-13-16(30-10-1-7-26-9-11-31-22(26)29)3-5-19(18)32-20-12-15(27-8-6-25-14-27)2-4-17(20)21(24)28/h2-6,8,12-14H,1,7,9-11H2,(H2,24,28). The Labute approximate surface area is 183 Å². The van der Waals surface area contributed by atoms with Crippen molar-refractivity contribution >= 4 is 12.0 Å². The molecule has 2 heterocycles. The third kappa shape index (κ3) is 4.80. The molecule has 9 nitrogen and oxygen atoms in total. The van der Waals surface area contributed by atoms with Crippen LogP contribution >= 0.6 is 0 Å². The van der Waals surface area contributed by atoms with Crippen molar-refractivity contribution in [3.05, 3.63) is 66.5 Å². The zero-order valence-corrected chi connectivity index (χ0v) is 17.1. The number of nitrogens with two attached hydrogens (primary N) is 1. The van der Waals surface area contributed by atoms with Gasteiger partial charge in [0.15, 0.2) is 11.6 Å². The van der Waals surface area contributed by atoms with Crippen molar-refractivity contribution in [1.29, 1.82) is 0 Å². The SMILES string of the molecule is NC(=O)c1ccc(-n2ccnc2)cc1Oc1ccc(OCCCN2CCOC2=O)cc1F. The van der Waals surface area contributed by atoms with Crippen LogP contribution in [-0.2, 0) is 4.74 Å². The van der Waals surface area contributed by atoms with Crippen LogP contribution in [0.15, 0.2) is 55.1 Å². The van der Waals surface area contributed by atoms with Crippen molar-refractivity contribution in [3.63, 3.8) is 0 Å². The number of imidazole rings is 1. The van der Waals surface area contributed by atoms with E-state index in [0.29, 0.717) is 44.2 Å². The number of hydrogen-bond acceptors (Lipinski definition) is 6. The van der Waals surface area contributed by atoms with Crippen LogP contribution in [0.2, 0.25) is 0 Å². The highest BCUT2D eigenvalue weighted by atomic mass is 19.1. The van der Waals surface area contributed by atoms with Gasteiger partial charge in [0.25, 0.3) is 5.91 Å². The molecule has 0 atom stereocenters. The number of ether oxygens (including phenoxy) is 3. The van der Waals surface area contributed by atoms with Crippen LogP contribution in [0.3, 0.4) is 0 Å². The average molecular weight is 440 g/mol. The number of nitrogens with zero attached hydrogens (tertiary/aromatic N) is 3. The zero-order valence-electron chi connectivity index (χ0n) is 17.1. The molecule has 0 unspecified atom stereocenters. The van der Waals surface area contributed by atoms with Crippen molar-refractivity contribution in [2.45, 2.75) is 6.42 Å². The minimum atomic E-state index is -0.695. The maximum Gasteiger partial charge on any atom is 0.409 e. The molecule has 4 rings (SSSR count). The summed E-state index contributed by atoms with van der Waals surface area (Å²) < 4.78 is 32.5. The first-order chi connectivity index (χ1) is 15.5. The van der Waals surface area contributed by atoms with Crippen molar-refractivity contribution in [2.75, 3.05) is 26.3 Å². The van der Waals surface area contributed by atoms with Gasteiger partial charge in [0.2, 0.25) is 0 Å². The van der Waals surface area contributed by atoms with E-state index >= 15 is 0 Å². The predicted octanol–water partition coefficient (Wildman–Crippen LogP) is 3.12. The fourth-order valence-corrected chi connectivity index (χ4v) is 3.22. The van der Waals surface area contributed by atoms with Crippen LogP contribution in [0.4, 0.5) is 9.18 Å². The van der Waals surface area contributed by atoms with E-state index in [1.165, 1.54) is 18.2 Å². The van der Waals surface area contributed by atoms with E-state index in [1.807, 2.05) is 0 Å². The summed E-state index contributed by atoms with van der Waals surface area (Å²) >= 11 is 0. The predicted molar refractivity (Wildman–Crippen MR) is 112 cm³/mol. The summed E-state index contributed by atoms with van der Waals surface area (Å²) in [4.78, 5) is 28.8. The summed E-state index contributed by atoms with van der Waals surface area (Å²) in [6.07, 6.45) is 5.17. The Morgan fingerprint density at radius 3 is 2.78 bits per heavy atom. The molecule has 1 fully saturated rings. The van der Waals surface area contributed by atoms with Crippen LogP contribution in [0.25, 0.3) is 5.69 Å². The third-order valence-electron chi connectivity index (χ3n) is 4.84. The van der Waals surface area contributed by atoms with Crippen LogP contribution in [-0.4, -0.2) is 52.8 Å². The van der Waals surface area contributed by atoms with E-state index in [1.54, 1.807) is 46.4 Å². The van der Waals surface area contributed by atoms with Crippen LogP contribution < -0.4 is 15.2 Å². The normalized spacial score (nSPS) is 13.2. The second-order valence-corrected chi connectivity index (χ2v) is 7.01. The van der Waals surface area contributed by atoms with E-state index in [9.17, 15) is 14.0 Å². The van der Waals surface area contributed by atoms with Gasteiger partial charge in [-0.25, -0.2) is 14.2 Å². The van der Waals surface area contributed by atoms with Crippen LogP contribution in [0, 0.1) is 5.82 Å². The van der Waals surface area contributed by atoms with Gasteiger partial charge >= 0.3 is 6.09 Å². The van der Waals surface area contributed by atoms with Gasteiger partial charge in [-0.15, -0.1) is 0 Å². The van der Waals surface area contributed by atoms with Gasteiger partial charge in [-0.1, -0.05) is 0 Å². The number of aromatic nitrogens is 2. The summed E-state index contributed by atoms with van der Waals surface area (Å²) in [5.41, 5.74) is 6.23. The summed E-state index contributed by atoms with van der Waals surface area (Å²) in [6, 6.07) is 8.95. The number of benzene rings is 2. The smallest absolute Gasteiger partial charge is 0.409 e. The van der Waals surface area contributed by atoms with Crippen molar-refractivity contribution in [1.82, 2.24) is 14.5 Å². The quantitative estimate of drug-likeness (QED) is 0.512. The number of cyclic esters (lactones) is 1. The third-order valence-corrected chi connectivity index (χ3v) is 4.84. The Hall–Kier alpha value is -4.08. The first-order valence-corrected chi connectivity index (χ1v) is 9.95. The lowest BCUT2D eigenvalue weighted by atomic mass is 10.1. The van der Waals surface area contributed by atoms with Crippen LogP contribution in [0.1, 0.15) is 16.8 Å². The van der Waals surface area contributed by atoms with Crippen molar-refractivity contribution in [2.24, 2.45) is 5.73 Å². The molecule has 166 valence electrons. The molecule has 0 bridgehead atoms. The van der Waals surface area contributed by atoms with Gasteiger partial charge in [0, 0.05) is 31.1 Å². The molecule has 0 saturated carbocycles. The summed E-state index contributed by atoms with van der Waals surface area (Å²) in [6.45, 7) is 1.78. The molecule has 1 aromatic heterocycles. The Morgan fingerprint density at radius 1 is 1.22 bits per heavy atom. The maximum absolute atomic E-state index is 14.6. The number of hydrogen-bond donors (Lipinski definition) is 1. The van der Waals surface area contributed by atoms with Gasteiger partial charge in [-0.2, -0.15) is 0 Å². The molecule has 1 aliphatic rings. The molecule has 1 saturated heterocycles. The van der Waals surface area contributed by atoms with Gasteiger partial charge in [-0.05, 0) is 30.7 Å². The number of halogens is 1. The highest BCUT2D eigenvalue weighted by molar-refractivity contribution is 5.96. The number of carbonyl (C=O) groups excluding carboxylic acids is 2. The van der Waals surface area contributed by atoms with Gasteiger partial charge < -0.3 is 29.4 Å². The lowest BCUT2D eigenvalue weighted by molar-refractivity contribution is 0.0998.